The highest BCUT2D eigenvalue weighted by Crippen LogP contribution is 2.67. The Labute approximate surface area is 126 Å². The van der Waals surface area contributed by atoms with Crippen LogP contribution in [0.3, 0.4) is 0 Å². The molecule has 0 aliphatic heterocycles. The summed E-state index contributed by atoms with van der Waals surface area (Å²) in [6, 6.07) is 0. The molecule has 0 unspecified atom stereocenters. The second-order valence-corrected chi connectivity index (χ2v) is 6.58. The third-order valence-corrected chi connectivity index (χ3v) is 6.02. The maximum absolute atomic E-state index is 12.3. The molecule has 2 saturated carbocycles. The maximum atomic E-state index is 12.3. The van der Waals surface area contributed by atoms with E-state index in [4.69, 9.17) is 11.1 Å². The molecule has 0 spiro atoms. The lowest BCUT2D eigenvalue weighted by Crippen LogP contribution is -2.29. The van der Waals surface area contributed by atoms with Gasteiger partial charge in [0.2, 0.25) is 11.6 Å². The lowest BCUT2D eigenvalue weighted by Gasteiger charge is -2.20. The molecular formula is C16H14N4O2. The summed E-state index contributed by atoms with van der Waals surface area (Å²) in [6.45, 7) is 0. The Morgan fingerprint density at radius 2 is 1.05 bits per heavy atom. The summed E-state index contributed by atoms with van der Waals surface area (Å²) in [4.78, 5) is 30.3. The van der Waals surface area contributed by atoms with E-state index in [2.05, 4.69) is 9.58 Å². The van der Waals surface area contributed by atoms with Crippen molar-refractivity contribution in [1.82, 2.24) is 0 Å². The Balaban J connectivity index is 1.74. The fraction of sp³-hybridized carbons (Fsp3) is 0.500. The Morgan fingerprint density at radius 3 is 1.32 bits per heavy atom. The van der Waals surface area contributed by atoms with Crippen LogP contribution in [-0.2, 0) is 9.59 Å². The third kappa shape index (κ3) is 1.46. The van der Waals surface area contributed by atoms with E-state index in [1.54, 1.807) is 0 Å². The van der Waals surface area contributed by atoms with E-state index in [1.165, 1.54) is 0 Å². The topological polar surface area (TPSA) is 107 Å². The van der Waals surface area contributed by atoms with Crippen molar-refractivity contribution >= 4 is 24.0 Å². The van der Waals surface area contributed by atoms with Crippen LogP contribution in [-0.4, -0.2) is 33.6 Å². The minimum absolute atomic E-state index is 0.0989. The van der Waals surface area contributed by atoms with Crippen LogP contribution in [0.4, 0.5) is 0 Å². The van der Waals surface area contributed by atoms with Gasteiger partial charge in [0.15, 0.2) is 0 Å². The summed E-state index contributed by atoms with van der Waals surface area (Å²) < 4.78 is 0. The molecule has 22 heavy (non-hydrogen) atoms. The molecule has 0 amide bonds. The highest BCUT2D eigenvalue weighted by atomic mass is 16.1. The first kappa shape index (κ1) is 13.3. The SMILES string of the molecule is [N-]=[N+]=CC(=O)C1[C@H]2C=C[C@@H]3C(C(=O)C=[N+]=[N-])[C@H]4C=C[C@H]1C4C23. The van der Waals surface area contributed by atoms with E-state index < -0.39 is 0 Å². The Bertz CT molecular complexity index is 636. The summed E-state index contributed by atoms with van der Waals surface area (Å²) >= 11 is 0. The van der Waals surface area contributed by atoms with Gasteiger partial charge in [-0.2, -0.15) is 9.58 Å². The van der Waals surface area contributed by atoms with Gasteiger partial charge in [0.05, 0.1) is 0 Å². The summed E-state index contributed by atoms with van der Waals surface area (Å²) in [7, 11) is 0. The largest absolute Gasteiger partial charge is 0.361 e. The molecule has 4 atom stereocenters. The predicted octanol–water partition coefficient (Wildman–Crippen LogP) is 0.822. The molecule has 0 aromatic carbocycles. The van der Waals surface area contributed by atoms with Gasteiger partial charge in [-0.25, -0.2) is 0 Å². The molecular weight excluding hydrogens is 280 g/mol. The van der Waals surface area contributed by atoms with Gasteiger partial charge in [-0.15, -0.1) is 0 Å². The molecule has 0 saturated heterocycles. The van der Waals surface area contributed by atoms with Crippen molar-refractivity contribution < 1.29 is 19.2 Å². The van der Waals surface area contributed by atoms with E-state index in [9.17, 15) is 9.59 Å². The molecule has 0 radical (unpaired) electrons. The van der Waals surface area contributed by atoms with Crippen molar-refractivity contribution in [2.24, 2.45) is 47.3 Å². The smallest absolute Gasteiger partial charge is 0.323 e. The van der Waals surface area contributed by atoms with Crippen molar-refractivity contribution in [3.05, 3.63) is 35.4 Å². The van der Waals surface area contributed by atoms with Gasteiger partial charge in [0, 0.05) is 11.8 Å². The molecule has 4 rings (SSSR count). The van der Waals surface area contributed by atoms with Gasteiger partial charge in [0.25, 0.3) is 0 Å². The number of carbonyl (C=O) groups is 2. The van der Waals surface area contributed by atoms with Gasteiger partial charge >= 0.3 is 12.4 Å². The molecule has 6 heteroatoms. The van der Waals surface area contributed by atoms with Crippen LogP contribution in [0.2, 0.25) is 0 Å². The molecule has 4 aliphatic rings. The number of nitrogens with zero attached hydrogens (tertiary/aromatic N) is 4. The molecule has 0 bridgehead atoms. The van der Waals surface area contributed by atoms with Gasteiger partial charge in [-0.3, -0.25) is 9.59 Å². The standard InChI is InChI=1S/C16H14N4O2/c17-19-5-11(21)13-7-1-2-8-14(12(22)6-20-18)10-4-3-9(13)16(10)15(7)8/h1-10,13-16H/t7-,8-,9-,10-,13?,14?,15?,16?/m1/s1. The number of rotatable bonds is 4. The van der Waals surface area contributed by atoms with Gasteiger partial charge in [-0.05, 0) is 35.5 Å². The van der Waals surface area contributed by atoms with Crippen LogP contribution in [0.15, 0.2) is 24.3 Å². The molecule has 4 aliphatic carbocycles. The van der Waals surface area contributed by atoms with Crippen LogP contribution >= 0.6 is 0 Å². The molecule has 6 nitrogen and oxygen atoms in total. The third-order valence-electron chi connectivity index (χ3n) is 6.02. The van der Waals surface area contributed by atoms with E-state index in [1.807, 2.05) is 24.3 Å². The quantitative estimate of drug-likeness (QED) is 0.331. The second kappa shape index (κ2) is 4.54. The number of carbonyl (C=O) groups excluding carboxylic acids is 2. The minimum Gasteiger partial charge on any atom is -0.361 e. The number of allylic oxidation sites excluding steroid dienone is 4. The number of ketones is 2. The fourth-order valence-electron chi connectivity index (χ4n) is 5.56. The average Bonchev–Trinajstić information content (AvgIpc) is 3.17. The van der Waals surface area contributed by atoms with Crippen LogP contribution in [0, 0.1) is 47.3 Å². The monoisotopic (exact) mass is 294 g/mol. The van der Waals surface area contributed by atoms with E-state index >= 15 is 0 Å². The van der Waals surface area contributed by atoms with Crippen molar-refractivity contribution in [3.8, 4) is 0 Å². The maximum Gasteiger partial charge on any atom is 0.323 e. The minimum atomic E-state index is -0.198. The normalized spacial score (nSPS) is 45.3. The highest BCUT2D eigenvalue weighted by molar-refractivity contribution is 6.27. The van der Waals surface area contributed by atoms with E-state index in [0.29, 0.717) is 0 Å². The average molecular weight is 294 g/mol. The lowest BCUT2D eigenvalue weighted by atomic mass is 9.80. The molecule has 0 N–H and O–H groups in total. The summed E-state index contributed by atoms with van der Waals surface area (Å²) in [5.41, 5.74) is 17.3. The Morgan fingerprint density at radius 1 is 0.727 bits per heavy atom. The molecule has 0 aromatic heterocycles. The van der Waals surface area contributed by atoms with Gasteiger partial charge in [0.1, 0.15) is 0 Å². The van der Waals surface area contributed by atoms with Crippen LogP contribution < -0.4 is 0 Å². The van der Waals surface area contributed by atoms with E-state index in [-0.39, 0.29) is 58.9 Å². The highest BCUT2D eigenvalue weighted by Gasteiger charge is 2.66. The zero-order valence-corrected chi connectivity index (χ0v) is 11.7. The lowest BCUT2D eigenvalue weighted by molar-refractivity contribution is -0.121. The van der Waals surface area contributed by atoms with Crippen molar-refractivity contribution in [1.29, 1.82) is 0 Å². The van der Waals surface area contributed by atoms with Crippen molar-refractivity contribution in [3.63, 3.8) is 0 Å². The predicted molar refractivity (Wildman–Crippen MR) is 75.6 cm³/mol. The number of Topliss-reactive ketones (excluding diaryl/α,β-unsaturated/α-hetero) is 2. The zero-order chi connectivity index (χ0) is 15.4. The second-order valence-electron chi connectivity index (χ2n) is 6.58. The first-order chi connectivity index (χ1) is 10.7. The molecule has 2 fully saturated rings. The summed E-state index contributed by atoms with van der Waals surface area (Å²) in [5, 5.41) is 0. The van der Waals surface area contributed by atoms with Crippen molar-refractivity contribution in [2.75, 3.05) is 0 Å². The van der Waals surface area contributed by atoms with Crippen molar-refractivity contribution in [2.45, 2.75) is 0 Å². The van der Waals surface area contributed by atoms with E-state index in [0.717, 1.165) is 12.4 Å². The molecule has 0 heterocycles. The molecule has 0 aromatic rings. The zero-order valence-electron chi connectivity index (χ0n) is 11.7. The van der Waals surface area contributed by atoms with Crippen LogP contribution in [0.25, 0.3) is 11.1 Å². The number of hydrogen-bond donors (Lipinski definition) is 0. The van der Waals surface area contributed by atoms with Crippen LogP contribution in [0.1, 0.15) is 0 Å². The Kier molecular flexibility index (Phi) is 2.73. The first-order valence-corrected chi connectivity index (χ1v) is 7.48. The first-order valence-electron chi connectivity index (χ1n) is 7.48. The fourth-order valence-corrected chi connectivity index (χ4v) is 5.56. The van der Waals surface area contributed by atoms with Gasteiger partial charge in [-0.1, -0.05) is 24.3 Å². The summed E-state index contributed by atoms with van der Waals surface area (Å²) in [5.74, 6) is 0.239. The summed E-state index contributed by atoms with van der Waals surface area (Å²) in [6.07, 6.45) is 10.2. The Hall–Kier alpha value is -2.42. The number of hydrogen-bond acceptors (Lipinski definition) is 2. The van der Waals surface area contributed by atoms with Crippen LogP contribution in [0.5, 0.6) is 0 Å². The molecule has 110 valence electrons. The van der Waals surface area contributed by atoms with Gasteiger partial charge < -0.3 is 11.1 Å².